The number of rotatable bonds is 4. The Kier molecular flexibility index (Phi) is 4.45. The molecule has 1 heterocycles. The minimum Gasteiger partial charge on any atom is -0.368 e. The molecule has 4 heteroatoms. The maximum atomic E-state index is 11.3. The molecule has 0 unspecified atom stereocenters. The molecule has 128 valence electrons. The number of primary amides is 1. The summed E-state index contributed by atoms with van der Waals surface area (Å²) < 4.78 is 1.86. The van der Waals surface area contributed by atoms with Crippen LogP contribution in [0.1, 0.15) is 31.9 Å². The number of aliphatic imine (C=N–C) groups is 1. The second-order valence-electron chi connectivity index (χ2n) is 7.25. The number of carbonyl (C=O) groups excluding carboxylic acids is 1. The highest BCUT2D eigenvalue weighted by Crippen LogP contribution is 2.25. The second kappa shape index (κ2) is 6.55. The SMILES string of the molecule is CC(C)(C)c1ccc(N=Cc2cn(CC(N)=O)c3ccccc23)cc1. The van der Waals surface area contributed by atoms with Gasteiger partial charge in [-0.05, 0) is 29.2 Å². The van der Waals surface area contributed by atoms with Gasteiger partial charge in [0.1, 0.15) is 6.54 Å². The number of benzene rings is 2. The maximum absolute atomic E-state index is 11.3. The lowest BCUT2D eigenvalue weighted by Crippen LogP contribution is -2.17. The number of hydrogen-bond acceptors (Lipinski definition) is 2. The Balaban J connectivity index is 1.92. The van der Waals surface area contributed by atoms with E-state index in [0.29, 0.717) is 0 Å². The van der Waals surface area contributed by atoms with Gasteiger partial charge in [0.05, 0.1) is 5.69 Å². The first-order valence-electron chi connectivity index (χ1n) is 8.35. The fourth-order valence-electron chi connectivity index (χ4n) is 2.87. The predicted octanol–water partition coefficient (Wildman–Crippen LogP) is 4.17. The lowest BCUT2D eigenvalue weighted by atomic mass is 9.87. The summed E-state index contributed by atoms with van der Waals surface area (Å²) in [5, 5.41) is 1.05. The first kappa shape index (κ1) is 17.0. The van der Waals surface area contributed by atoms with Gasteiger partial charge in [-0.1, -0.05) is 51.1 Å². The van der Waals surface area contributed by atoms with Crippen molar-refractivity contribution in [2.24, 2.45) is 10.7 Å². The number of aromatic nitrogens is 1. The molecule has 0 bridgehead atoms. The van der Waals surface area contributed by atoms with Crippen molar-refractivity contribution >= 4 is 28.7 Å². The van der Waals surface area contributed by atoms with Gasteiger partial charge >= 0.3 is 0 Å². The van der Waals surface area contributed by atoms with Gasteiger partial charge in [-0.15, -0.1) is 0 Å². The highest BCUT2D eigenvalue weighted by molar-refractivity contribution is 6.00. The molecular formula is C21H23N3O. The Labute approximate surface area is 148 Å². The van der Waals surface area contributed by atoms with Crippen molar-refractivity contribution in [3.8, 4) is 0 Å². The third kappa shape index (κ3) is 3.79. The third-order valence-electron chi connectivity index (χ3n) is 4.23. The molecule has 1 aromatic heterocycles. The van der Waals surface area contributed by atoms with E-state index in [1.165, 1.54) is 5.56 Å². The van der Waals surface area contributed by atoms with Crippen LogP contribution in [-0.4, -0.2) is 16.7 Å². The molecule has 0 aliphatic heterocycles. The van der Waals surface area contributed by atoms with Crippen molar-refractivity contribution in [3.05, 3.63) is 65.9 Å². The van der Waals surface area contributed by atoms with E-state index in [1.54, 1.807) is 0 Å². The van der Waals surface area contributed by atoms with Crippen LogP contribution in [0.4, 0.5) is 5.69 Å². The summed E-state index contributed by atoms with van der Waals surface area (Å²) in [6.07, 6.45) is 3.76. The van der Waals surface area contributed by atoms with Gasteiger partial charge in [0.2, 0.25) is 5.91 Å². The van der Waals surface area contributed by atoms with Crippen LogP contribution in [0.15, 0.2) is 59.7 Å². The number of para-hydroxylation sites is 1. The van der Waals surface area contributed by atoms with Crippen LogP contribution < -0.4 is 5.73 Å². The Morgan fingerprint density at radius 1 is 1.12 bits per heavy atom. The van der Waals surface area contributed by atoms with Gasteiger partial charge in [-0.25, -0.2) is 0 Å². The summed E-state index contributed by atoms with van der Waals surface area (Å²) in [5.41, 5.74) is 9.61. The number of nitrogens with zero attached hydrogens (tertiary/aromatic N) is 2. The highest BCUT2D eigenvalue weighted by Gasteiger charge is 2.12. The topological polar surface area (TPSA) is 60.4 Å². The van der Waals surface area contributed by atoms with E-state index >= 15 is 0 Å². The fraction of sp³-hybridized carbons (Fsp3) is 0.238. The molecule has 0 fully saturated rings. The van der Waals surface area contributed by atoms with Crippen LogP contribution in [0.25, 0.3) is 10.9 Å². The van der Waals surface area contributed by atoms with Crippen molar-refractivity contribution < 1.29 is 4.79 Å². The minimum absolute atomic E-state index is 0.129. The van der Waals surface area contributed by atoms with Crippen molar-refractivity contribution in [1.82, 2.24) is 4.57 Å². The van der Waals surface area contributed by atoms with Gasteiger partial charge in [-0.3, -0.25) is 9.79 Å². The zero-order valence-electron chi connectivity index (χ0n) is 14.9. The van der Waals surface area contributed by atoms with E-state index in [1.807, 2.05) is 53.4 Å². The number of fused-ring (bicyclic) bond motifs is 1. The van der Waals surface area contributed by atoms with E-state index in [9.17, 15) is 4.79 Å². The molecule has 2 N–H and O–H groups in total. The van der Waals surface area contributed by atoms with Crippen LogP contribution in [0.5, 0.6) is 0 Å². The van der Waals surface area contributed by atoms with Crippen LogP contribution >= 0.6 is 0 Å². The summed E-state index contributed by atoms with van der Waals surface area (Å²) >= 11 is 0. The number of nitrogens with two attached hydrogens (primary N) is 1. The molecule has 2 aromatic carbocycles. The molecule has 3 aromatic rings. The van der Waals surface area contributed by atoms with Crippen molar-refractivity contribution in [1.29, 1.82) is 0 Å². The predicted molar refractivity (Wildman–Crippen MR) is 104 cm³/mol. The van der Waals surface area contributed by atoms with E-state index in [4.69, 9.17) is 5.73 Å². The zero-order chi connectivity index (χ0) is 18.0. The van der Waals surface area contributed by atoms with E-state index in [0.717, 1.165) is 22.2 Å². The molecule has 0 aliphatic rings. The van der Waals surface area contributed by atoms with Crippen LogP contribution in [0.2, 0.25) is 0 Å². The average Bonchev–Trinajstić information content (AvgIpc) is 2.90. The second-order valence-corrected chi connectivity index (χ2v) is 7.25. The normalized spacial score (nSPS) is 12.1. The van der Waals surface area contributed by atoms with Gasteiger partial charge in [0, 0.05) is 28.9 Å². The molecule has 3 rings (SSSR count). The molecular weight excluding hydrogens is 310 g/mol. The Hall–Kier alpha value is -2.88. The fourth-order valence-corrected chi connectivity index (χ4v) is 2.87. The van der Waals surface area contributed by atoms with Crippen molar-refractivity contribution in [2.75, 3.05) is 0 Å². The number of amides is 1. The first-order chi connectivity index (χ1) is 11.8. The molecule has 1 amide bonds. The standard InChI is InChI=1S/C21H23N3O/c1-21(2,3)16-8-10-17(11-9-16)23-12-15-13-24(14-20(22)25)19-7-5-4-6-18(15)19/h4-13H,14H2,1-3H3,(H2,22,25). The Bertz CT molecular complexity index is 928. The molecule has 0 saturated carbocycles. The highest BCUT2D eigenvalue weighted by atomic mass is 16.1. The quantitative estimate of drug-likeness (QED) is 0.716. The summed E-state index contributed by atoms with van der Waals surface area (Å²) in [7, 11) is 0. The monoisotopic (exact) mass is 333 g/mol. The van der Waals surface area contributed by atoms with E-state index in [2.05, 4.69) is 37.9 Å². The summed E-state index contributed by atoms with van der Waals surface area (Å²) in [4.78, 5) is 15.9. The van der Waals surface area contributed by atoms with Crippen molar-refractivity contribution in [3.63, 3.8) is 0 Å². The van der Waals surface area contributed by atoms with Gasteiger partial charge in [0.25, 0.3) is 0 Å². The Morgan fingerprint density at radius 3 is 2.44 bits per heavy atom. The van der Waals surface area contributed by atoms with Crippen LogP contribution in [-0.2, 0) is 16.8 Å². The maximum Gasteiger partial charge on any atom is 0.237 e. The number of carbonyl (C=O) groups is 1. The minimum atomic E-state index is -0.359. The lowest BCUT2D eigenvalue weighted by Gasteiger charge is -2.18. The first-order valence-corrected chi connectivity index (χ1v) is 8.35. The zero-order valence-corrected chi connectivity index (χ0v) is 14.9. The lowest BCUT2D eigenvalue weighted by molar-refractivity contribution is -0.118. The third-order valence-corrected chi connectivity index (χ3v) is 4.23. The summed E-state index contributed by atoms with van der Waals surface area (Å²) in [6.45, 7) is 6.74. The van der Waals surface area contributed by atoms with Crippen LogP contribution in [0, 0.1) is 0 Å². The molecule has 0 radical (unpaired) electrons. The molecule has 25 heavy (non-hydrogen) atoms. The van der Waals surface area contributed by atoms with Crippen LogP contribution in [0.3, 0.4) is 0 Å². The smallest absolute Gasteiger partial charge is 0.237 e. The molecule has 0 saturated heterocycles. The average molecular weight is 333 g/mol. The number of hydrogen-bond donors (Lipinski definition) is 1. The Morgan fingerprint density at radius 2 is 1.80 bits per heavy atom. The van der Waals surface area contributed by atoms with Gasteiger partial charge < -0.3 is 10.3 Å². The van der Waals surface area contributed by atoms with E-state index in [-0.39, 0.29) is 17.9 Å². The molecule has 0 spiro atoms. The summed E-state index contributed by atoms with van der Waals surface area (Å²) in [6, 6.07) is 16.2. The van der Waals surface area contributed by atoms with Gasteiger partial charge in [0.15, 0.2) is 0 Å². The molecule has 0 aliphatic carbocycles. The van der Waals surface area contributed by atoms with Gasteiger partial charge in [-0.2, -0.15) is 0 Å². The largest absolute Gasteiger partial charge is 0.368 e. The molecule has 4 nitrogen and oxygen atoms in total. The van der Waals surface area contributed by atoms with E-state index < -0.39 is 0 Å². The van der Waals surface area contributed by atoms with Crippen molar-refractivity contribution in [2.45, 2.75) is 32.7 Å². The molecule has 0 atom stereocenters. The summed E-state index contributed by atoms with van der Waals surface area (Å²) in [5.74, 6) is -0.359.